The Hall–Kier alpha value is -1.81. The largest absolute Gasteiger partial charge is 0.382 e. The molecule has 0 aliphatic heterocycles. The van der Waals surface area contributed by atoms with Gasteiger partial charge in [-0.1, -0.05) is 0 Å². The zero-order valence-corrected chi connectivity index (χ0v) is 10.5. The molecule has 18 heavy (non-hydrogen) atoms. The SMILES string of the molecule is CCOCCCC(=O)Nc1ccc2[nH]ccc2c1. The number of aromatic amines is 1. The number of benzene rings is 1. The molecule has 4 nitrogen and oxygen atoms in total. The number of nitrogens with one attached hydrogen (secondary N) is 2. The van der Waals surface area contributed by atoms with Gasteiger partial charge in [0.1, 0.15) is 0 Å². The third kappa shape index (κ3) is 3.34. The number of carbonyl (C=O) groups is 1. The van der Waals surface area contributed by atoms with Gasteiger partial charge in [0.2, 0.25) is 5.91 Å². The lowest BCUT2D eigenvalue weighted by Gasteiger charge is -2.05. The van der Waals surface area contributed by atoms with Crippen molar-refractivity contribution >= 4 is 22.5 Å². The smallest absolute Gasteiger partial charge is 0.224 e. The number of aromatic nitrogens is 1. The van der Waals surface area contributed by atoms with Crippen LogP contribution in [0.2, 0.25) is 0 Å². The molecule has 0 radical (unpaired) electrons. The monoisotopic (exact) mass is 246 g/mol. The summed E-state index contributed by atoms with van der Waals surface area (Å²) in [4.78, 5) is 14.8. The molecule has 4 heteroatoms. The summed E-state index contributed by atoms with van der Waals surface area (Å²) in [6.07, 6.45) is 3.13. The molecule has 1 heterocycles. The zero-order chi connectivity index (χ0) is 12.8. The first kappa shape index (κ1) is 12.6. The van der Waals surface area contributed by atoms with Gasteiger partial charge in [-0.25, -0.2) is 0 Å². The van der Waals surface area contributed by atoms with Gasteiger partial charge >= 0.3 is 0 Å². The first-order valence-corrected chi connectivity index (χ1v) is 6.24. The predicted octanol–water partition coefficient (Wildman–Crippen LogP) is 2.92. The first-order valence-electron chi connectivity index (χ1n) is 6.24. The van der Waals surface area contributed by atoms with Gasteiger partial charge in [0.05, 0.1) is 0 Å². The van der Waals surface area contributed by atoms with E-state index in [4.69, 9.17) is 4.74 Å². The number of anilines is 1. The highest BCUT2D eigenvalue weighted by Crippen LogP contribution is 2.17. The van der Waals surface area contributed by atoms with Crippen LogP contribution in [0.4, 0.5) is 5.69 Å². The van der Waals surface area contributed by atoms with E-state index < -0.39 is 0 Å². The number of carbonyl (C=O) groups excluding carboxylic acids is 1. The fourth-order valence-electron chi connectivity index (χ4n) is 1.83. The van der Waals surface area contributed by atoms with Crippen LogP contribution in [0.3, 0.4) is 0 Å². The number of amides is 1. The fraction of sp³-hybridized carbons (Fsp3) is 0.357. The summed E-state index contributed by atoms with van der Waals surface area (Å²) in [7, 11) is 0. The summed E-state index contributed by atoms with van der Waals surface area (Å²) in [6.45, 7) is 3.29. The number of rotatable bonds is 6. The maximum Gasteiger partial charge on any atom is 0.224 e. The van der Waals surface area contributed by atoms with Crippen molar-refractivity contribution in [3.8, 4) is 0 Å². The summed E-state index contributed by atoms with van der Waals surface area (Å²) >= 11 is 0. The van der Waals surface area contributed by atoms with Crippen molar-refractivity contribution in [3.05, 3.63) is 30.5 Å². The van der Waals surface area contributed by atoms with Crippen molar-refractivity contribution in [2.45, 2.75) is 19.8 Å². The third-order valence-electron chi connectivity index (χ3n) is 2.73. The highest BCUT2D eigenvalue weighted by molar-refractivity contribution is 5.93. The van der Waals surface area contributed by atoms with Crippen molar-refractivity contribution < 1.29 is 9.53 Å². The molecule has 1 aromatic carbocycles. The summed E-state index contributed by atoms with van der Waals surface area (Å²) < 4.78 is 5.20. The average molecular weight is 246 g/mol. The molecule has 0 aliphatic rings. The molecular formula is C14H18N2O2. The normalized spacial score (nSPS) is 10.7. The Bertz CT molecular complexity index is 519. The quantitative estimate of drug-likeness (QED) is 0.770. The second-order valence-electron chi connectivity index (χ2n) is 4.13. The van der Waals surface area contributed by atoms with Crippen LogP contribution in [-0.4, -0.2) is 24.1 Å². The van der Waals surface area contributed by atoms with Crippen LogP contribution in [0, 0.1) is 0 Å². The molecule has 0 bridgehead atoms. The Kier molecular flexibility index (Phi) is 4.36. The molecule has 1 amide bonds. The van der Waals surface area contributed by atoms with E-state index in [-0.39, 0.29) is 5.91 Å². The highest BCUT2D eigenvalue weighted by atomic mass is 16.5. The molecule has 0 atom stereocenters. The fourth-order valence-corrected chi connectivity index (χ4v) is 1.83. The standard InChI is InChI=1S/C14H18N2O2/c1-2-18-9-3-4-14(17)16-12-5-6-13-11(10-12)7-8-15-13/h5-8,10,15H,2-4,9H2,1H3,(H,16,17). The van der Waals surface area contributed by atoms with Crippen molar-refractivity contribution in [2.75, 3.05) is 18.5 Å². The molecular weight excluding hydrogens is 228 g/mol. The van der Waals surface area contributed by atoms with Crippen molar-refractivity contribution in [3.63, 3.8) is 0 Å². The molecule has 0 unspecified atom stereocenters. The van der Waals surface area contributed by atoms with Gasteiger partial charge in [-0.2, -0.15) is 0 Å². The summed E-state index contributed by atoms with van der Waals surface area (Å²) in [5.41, 5.74) is 1.91. The second kappa shape index (κ2) is 6.21. The Balaban J connectivity index is 1.86. The molecule has 2 aromatic rings. The third-order valence-corrected chi connectivity index (χ3v) is 2.73. The maximum absolute atomic E-state index is 11.7. The first-order chi connectivity index (χ1) is 8.79. The minimum absolute atomic E-state index is 0.0320. The lowest BCUT2D eigenvalue weighted by Crippen LogP contribution is -2.12. The molecule has 0 saturated heterocycles. The Labute approximate surface area is 106 Å². The van der Waals surface area contributed by atoms with Crippen LogP contribution in [0.25, 0.3) is 10.9 Å². The molecule has 0 fully saturated rings. The summed E-state index contributed by atoms with van der Waals surface area (Å²) in [6, 6.07) is 7.82. The number of fused-ring (bicyclic) bond motifs is 1. The molecule has 2 N–H and O–H groups in total. The van der Waals surface area contributed by atoms with Crippen LogP contribution in [0.1, 0.15) is 19.8 Å². The van der Waals surface area contributed by atoms with E-state index in [0.717, 1.165) is 23.0 Å². The van der Waals surface area contributed by atoms with Crippen LogP contribution in [-0.2, 0) is 9.53 Å². The van der Waals surface area contributed by atoms with Gasteiger partial charge in [0, 0.05) is 42.4 Å². The van der Waals surface area contributed by atoms with Crippen molar-refractivity contribution in [1.82, 2.24) is 4.98 Å². The minimum Gasteiger partial charge on any atom is -0.382 e. The van der Waals surface area contributed by atoms with Crippen molar-refractivity contribution in [2.24, 2.45) is 0 Å². The molecule has 96 valence electrons. The summed E-state index contributed by atoms with van der Waals surface area (Å²) in [5.74, 6) is 0.0320. The minimum atomic E-state index is 0.0320. The molecule has 2 rings (SSSR count). The van der Waals surface area contributed by atoms with Gasteiger partial charge in [-0.15, -0.1) is 0 Å². The number of hydrogen-bond acceptors (Lipinski definition) is 2. The maximum atomic E-state index is 11.7. The topological polar surface area (TPSA) is 54.1 Å². The van der Waals surface area contributed by atoms with Crippen LogP contribution in [0.5, 0.6) is 0 Å². The van der Waals surface area contributed by atoms with E-state index in [1.165, 1.54) is 0 Å². The number of H-pyrrole nitrogens is 1. The van der Waals surface area contributed by atoms with Crippen molar-refractivity contribution in [1.29, 1.82) is 0 Å². The molecule has 0 saturated carbocycles. The Morgan fingerprint density at radius 1 is 1.39 bits per heavy atom. The molecule has 0 spiro atoms. The van der Waals surface area contributed by atoms with Crippen LogP contribution in [0.15, 0.2) is 30.5 Å². The Morgan fingerprint density at radius 3 is 3.11 bits per heavy atom. The molecule has 0 aliphatic carbocycles. The predicted molar refractivity (Wildman–Crippen MR) is 72.7 cm³/mol. The Morgan fingerprint density at radius 2 is 2.28 bits per heavy atom. The van der Waals surface area contributed by atoms with Gasteiger partial charge in [0.15, 0.2) is 0 Å². The van der Waals surface area contributed by atoms with Crippen LogP contribution < -0.4 is 5.32 Å². The van der Waals surface area contributed by atoms with Gasteiger partial charge in [-0.05, 0) is 37.6 Å². The van der Waals surface area contributed by atoms with Gasteiger partial charge in [-0.3, -0.25) is 4.79 Å². The van der Waals surface area contributed by atoms with E-state index >= 15 is 0 Å². The zero-order valence-electron chi connectivity index (χ0n) is 10.5. The van der Waals surface area contributed by atoms with E-state index in [1.807, 2.05) is 37.4 Å². The molecule has 1 aromatic heterocycles. The average Bonchev–Trinajstić information content (AvgIpc) is 2.82. The number of hydrogen-bond donors (Lipinski definition) is 2. The highest BCUT2D eigenvalue weighted by Gasteiger charge is 2.03. The van der Waals surface area contributed by atoms with Crippen LogP contribution >= 0.6 is 0 Å². The van der Waals surface area contributed by atoms with E-state index in [2.05, 4.69) is 10.3 Å². The van der Waals surface area contributed by atoms with Gasteiger partial charge < -0.3 is 15.0 Å². The van der Waals surface area contributed by atoms with E-state index in [1.54, 1.807) is 0 Å². The number of ether oxygens (including phenoxy) is 1. The summed E-state index contributed by atoms with van der Waals surface area (Å²) in [5, 5.41) is 3.99. The van der Waals surface area contributed by atoms with E-state index in [9.17, 15) is 4.79 Å². The van der Waals surface area contributed by atoms with E-state index in [0.29, 0.717) is 19.6 Å². The van der Waals surface area contributed by atoms with Gasteiger partial charge in [0.25, 0.3) is 0 Å². The second-order valence-corrected chi connectivity index (χ2v) is 4.13. The lowest BCUT2D eigenvalue weighted by atomic mass is 10.2. The lowest BCUT2D eigenvalue weighted by molar-refractivity contribution is -0.116.